The number of nitrogens with one attached hydrogen (secondary N) is 2. The molecule has 0 atom stereocenters. The molecular weight excluding hydrogens is 430 g/mol. The summed E-state index contributed by atoms with van der Waals surface area (Å²) in [6.45, 7) is 2.88. The van der Waals surface area contributed by atoms with E-state index in [-0.39, 0.29) is 4.90 Å². The Morgan fingerprint density at radius 2 is 1.69 bits per heavy atom. The molecule has 0 saturated heterocycles. The summed E-state index contributed by atoms with van der Waals surface area (Å²) in [5.74, 6) is -0.490. The third-order valence-corrected chi connectivity index (χ3v) is 6.20. The summed E-state index contributed by atoms with van der Waals surface area (Å²) in [5, 5.41) is 8.02. The van der Waals surface area contributed by atoms with Crippen molar-refractivity contribution in [2.75, 3.05) is 5.32 Å². The maximum Gasteiger partial charge on any atom is 0.264 e. The maximum absolute atomic E-state index is 12.8. The van der Waals surface area contributed by atoms with Crippen molar-refractivity contribution in [1.29, 1.82) is 0 Å². The van der Waals surface area contributed by atoms with Crippen molar-refractivity contribution in [3.63, 3.8) is 0 Å². The number of benzene rings is 2. The van der Waals surface area contributed by atoms with Gasteiger partial charge in [-0.3, -0.25) is 9.59 Å². The number of rotatable bonds is 5. The van der Waals surface area contributed by atoms with Crippen molar-refractivity contribution in [1.82, 2.24) is 19.5 Å². The number of aromatic nitrogens is 3. The molecule has 0 unspecified atom stereocenters. The summed E-state index contributed by atoms with van der Waals surface area (Å²) in [7, 11) is -3.94. The average molecular weight is 449 g/mol. The zero-order chi connectivity index (χ0) is 22.9. The summed E-state index contributed by atoms with van der Waals surface area (Å²) in [6.07, 6.45) is 1.46. The fourth-order valence-corrected chi connectivity index (χ4v) is 4.19. The molecule has 0 aliphatic rings. The molecule has 4 rings (SSSR count). The van der Waals surface area contributed by atoms with Crippen LogP contribution in [0.15, 0.2) is 71.8 Å². The normalized spacial score (nSPS) is 11.3. The Morgan fingerprint density at radius 1 is 0.969 bits per heavy atom. The molecule has 0 spiro atoms. The molecule has 2 amide bonds. The van der Waals surface area contributed by atoms with E-state index in [1.807, 2.05) is 41.1 Å². The van der Waals surface area contributed by atoms with E-state index < -0.39 is 21.8 Å². The van der Waals surface area contributed by atoms with Gasteiger partial charge in [0, 0.05) is 18.0 Å². The molecule has 2 aromatic carbocycles. The predicted octanol–water partition coefficient (Wildman–Crippen LogP) is 2.81. The summed E-state index contributed by atoms with van der Waals surface area (Å²) < 4.78 is 27.5. The first-order chi connectivity index (χ1) is 15.2. The minimum absolute atomic E-state index is 0.0860. The van der Waals surface area contributed by atoms with E-state index in [4.69, 9.17) is 0 Å². The molecule has 0 radical (unpaired) electrons. The van der Waals surface area contributed by atoms with E-state index in [1.54, 1.807) is 11.6 Å². The van der Waals surface area contributed by atoms with Gasteiger partial charge in [-0.05, 0) is 49.4 Å². The largest absolute Gasteiger partial charge is 0.322 e. The monoisotopic (exact) mass is 449 g/mol. The highest BCUT2D eigenvalue weighted by Gasteiger charge is 2.18. The number of sulfonamides is 1. The molecule has 0 fully saturated rings. The number of hydrogen-bond donors (Lipinski definition) is 2. The summed E-state index contributed by atoms with van der Waals surface area (Å²) in [5.41, 5.74) is 2.18. The molecule has 0 bridgehead atoms. The highest BCUT2D eigenvalue weighted by molar-refractivity contribution is 7.90. The first-order valence-electron chi connectivity index (χ1n) is 9.60. The second-order valence-corrected chi connectivity index (χ2v) is 8.74. The van der Waals surface area contributed by atoms with Crippen LogP contribution in [-0.2, 0) is 14.8 Å². The van der Waals surface area contributed by atoms with Crippen molar-refractivity contribution >= 4 is 38.4 Å². The van der Waals surface area contributed by atoms with E-state index in [1.165, 1.54) is 30.5 Å². The first-order valence-corrected chi connectivity index (χ1v) is 11.1. The molecule has 9 nitrogen and oxygen atoms in total. The molecule has 0 saturated carbocycles. The average Bonchev–Trinajstić information content (AvgIpc) is 3.14. The van der Waals surface area contributed by atoms with Crippen LogP contribution in [0.25, 0.3) is 16.7 Å². The number of para-hydroxylation sites is 1. The Labute approximate surface area is 184 Å². The Hall–Kier alpha value is -4.05. The number of amides is 2. The molecule has 162 valence electrons. The minimum atomic E-state index is -3.94. The molecule has 0 aliphatic carbocycles. The topological polar surface area (TPSA) is 123 Å². The zero-order valence-electron chi connectivity index (χ0n) is 17.2. The quantitative estimate of drug-likeness (QED) is 0.483. The SMILES string of the molecule is CC(=O)NS(=O)(=O)c1ccc(NC(=O)c2cnn(-c3ccc4ccccc4n3)c2C)cc1. The number of fused-ring (bicyclic) bond motifs is 1. The maximum atomic E-state index is 12.8. The van der Waals surface area contributed by atoms with E-state index in [0.717, 1.165) is 17.8 Å². The second-order valence-electron chi connectivity index (χ2n) is 7.06. The van der Waals surface area contributed by atoms with Crippen molar-refractivity contribution in [3.05, 3.63) is 78.1 Å². The van der Waals surface area contributed by atoms with Crippen LogP contribution < -0.4 is 10.0 Å². The number of hydrogen-bond acceptors (Lipinski definition) is 6. The Kier molecular flexibility index (Phi) is 5.45. The third-order valence-electron chi connectivity index (χ3n) is 4.76. The Morgan fingerprint density at radius 3 is 2.41 bits per heavy atom. The van der Waals surface area contributed by atoms with Crippen LogP contribution in [0.1, 0.15) is 23.0 Å². The lowest BCUT2D eigenvalue weighted by Crippen LogP contribution is -2.28. The van der Waals surface area contributed by atoms with E-state index in [2.05, 4.69) is 15.4 Å². The summed E-state index contributed by atoms with van der Waals surface area (Å²) >= 11 is 0. The van der Waals surface area contributed by atoms with Gasteiger partial charge < -0.3 is 5.32 Å². The number of anilines is 1. The molecular formula is C22H19N5O4S. The molecule has 2 N–H and O–H groups in total. The second kappa shape index (κ2) is 8.23. The van der Waals surface area contributed by atoms with Crippen molar-refractivity contribution in [3.8, 4) is 5.82 Å². The van der Waals surface area contributed by atoms with Gasteiger partial charge in [0.05, 0.1) is 27.9 Å². The van der Waals surface area contributed by atoms with Gasteiger partial charge in [0.1, 0.15) is 0 Å². The lowest BCUT2D eigenvalue weighted by molar-refractivity contribution is -0.117. The lowest BCUT2D eigenvalue weighted by atomic mass is 10.2. The molecule has 4 aromatic rings. The number of nitrogens with zero attached hydrogens (tertiary/aromatic N) is 3. The fraction of sp³-hybridized carbons (Fsp3) is 0.0909. The van der Waals surface area contributed by atoms with Gasteiger partial charge in [0.2, 0.25) is 5.91 Å². The zero-order valence-corrected chi connectivity index (χ0v) is 18.1. The number of carbonyl (C=O) groups excluding carboxylic acids is 2. The van der Waals surface area contributed by atoms with Crippen LogP contribution in [0.2, 0.25) is 0 Å². The number of carbonyl (C=O) groups is 2. The van der Waals surface area contributed by atoms with E-state index in [9.17, 15) is 18.0 Å². The molecule has 2 aromatic heterocycles. The van der Waals surface area contributed by atoms with Crippen LogP contribution in [0, 0.1) is 6.92 Å². The first kappa shape index (κ1) is 21.2. The molecule has 2 heterocycles. The molecule has 10 heteroatoms. The van der Waals surface area contributed by atoms with Gasteiger partial charge in [-0.25, -0.2) is 22.8 Å². The van der Waals surface area contributed by atoms with Crippen LogP contribution in [0.3, 0.4) is 0 Å². The fourth-order valence-electron chi connectivity index (χ4n) is 3.20. The molecule has 0 aliphatic heterocycles. The van der Waals surface area contributed by atoms with E-state index in [0.29, 0.717) is 22.8 Å². The van der Waals surface area contributed by atoms with Gasteiger partial charge in [0.15, 0.2) is 5.82 Å². The van der Waals surface area contributed by atoms with Gasteiger partial charge in [-0.15, -0.1) is 0 Å². The van der Waals surface area contributed by atoms with E-state index >= 15 is 0 Å². The number of pyridine rings is 1. The Bertz CT molecular complexity index is 1440. The highest BCUT2D eigenvalue weighted by Crippen LogP contribution is 2.19. The lowest BCUT2D eigenvalue weighted by Gasteiger charge is -2.08. The van der Waals surface area contributed by atoms with Crippen LogP contribution >= 0.6 is 0 Å². The van der Waals surface area contributed by atoms with Crippen molar-refractivity contribution in [2.24, 2.45) is 0 Å². The van der Waals surface area contributed by atoms with Gasteiger partial charge in [0.25, 0.3) is 15.9 Å². The smallest absolute Gasteiger partial charge is 0.264 e. The van der Waals surface area contributed by atoms with Crippen LogP contribution in [0.5, 0.6) is 0 Å². The standard InChI is InChI=1S/C22H19N5O4S/c1-14-19(13-23-27(14)21-12-7-16-5-3-4-6-20(16)25-21)22(29)24-17-8-10-18(11-9-17)32(30,31)26-15(2)28/h3-13H,1-2H3,(H,24,29)(H,26,28). The van der Waals surface area contributed by atoms with Crippen LogP contribution in [0.4, 0.5) is 5.69 Å². The van der Waals surface area contributed by atoms with Gasteiger partial charge in [-0.1, -0.05) is 18.2 Å². The van der Waals surface area contributed by atoms with Crippen LogP contribution in [-0.4, -0.2) is 35.0 Å². The summed E-state index contributed by atoms with van der Waals surface area (Å²) in [4.78, 5) is 28.3. The van der Waals surface area contributed by atoms with Crippen molar-refractivity contribution < 1.29 is 18.0 Å². The predicted molar refractivity (Wildman–Crippen MR) is 119 cm³/mol. The third kappa shape index (κ3) is 4.21. The molecule has 32 heavy (non-hydrogen) atoms. The minimum Gasteiger partial charge on any atom is -0.322 e. The summed E-state index contributed by atoms with van der Waals surface area (Å²) in [6, 6.07) is 17.0. The highest BCUT2D eigenvalue weighted by atomic mass is 32.2. The Balaban J connectivity index is 1.54. The van der Waals surface area contributed by atoms with Crippen molar-refractivity contribution in [2.45, 2.75) is 18.7 Å². The van der Waals surface area contributed by atoms with Gasteiger partial charge in [-0.2, -0.15) is 5.10 Å². The van der Waals surface area contributed by atoms with Gasteiger partial charge >= 0.3 is 0 Å².